The van der Waals surface area contributed by atoms with Crippen LogP contribution in [0.15, 0.2) is 36.7 Å². The van der Waals surface area contributed by atoms with Crippen LogP contribution in [-0.4, -0.2) is 26.3 Å². The number of aromatic nitrogens is 4. The van der Waals surface area contributed by atoms with Crippen LogP contribution in [0, 0.1) is 11.3 Å². The minimum atomic E-state index is 0.175. The summed E-state index contributed by atoms with van der Waals surface area (Å²) in [6, 6.07) is 12.0. The van der Waals surface area contributed by atoms with Gasteiger partial charge in [-0.05, 0) is 19.1 Å². The molecular weight excluding hydrogens is 264 g/mol. The number of pyridine rings is 1. The van der Waals surface area contributed by atoms with Crippen molar-refractivity contribution in [2.75, 3.05) is 11.9 Å². The lowest BCUT2D eigenvalue weighted by molar-refractivity contribution is 0.682. The highest BCUT2D eigenvalue weighted by atomic mass is 15.3. The van der Waals surface area contributed by atoms with Crippen LogP contribution in [0.3, 0.4) is 0 Å². The number of anilines is 1. The van der Waals surface area contributed by atoms with Gasteiger partial charge in [0.05, 0.1) is 12.1 Å². The first-order chi connectivity index (χ1) is 10.3. The summed E-state index contributed by atoms with van der Waals surface area (Å²) in [5.74, 6) is 1.01. The van der Waals surface area contributed by atoms with Gasteiger partial charge in [-0.3, -0.25) is 0 Å². The van der Waals surface area contributed by atoms with E-state index < -0.39 is 0 Å². The third kappa shape index (κ3) is 2.67. The number of hydrogen-bond acceptors (Lipinski definition) is 5. The van der Waals surface area contributed by atoms with Crippen LogP contribution in [0.4, 0.5) is 5.82 Å². The van der Waals surface area contributed by atoms with Crippen molar-refractivity contribution in [1.29, 1.82) is 5.26 Å². The van der Waals surface area contributed by atoms with Crippen LogP contribution in [0.1, 0.15) is 18.3 Å². The Morgan fingerprint density at radius 2 is 2.19 bits per heavy atom. The number of nitrogens with one attached hydrogen (secondary N) is 1. The van der Waals surface area contributed by atoms with Gasteiger partial charge in [-0.15, -0.1) is 5.10 Å². The molecule has 1 N–H and O–H groups in total. The highest BCUT2D eigenvalue weighted by molar-refractivity contribution is 5.81. The predicted molar refractivity (Wildman–Crippen MR) is 79.7 cm³/mol. The molecule has 0 atom stereocenters. The molecule has 0 saturated heterocycles. The Bertz CT molecular complexity index is 814. The second-order valence-corrected chi connectivity index (χ2v) is 4.60. The van der Waals surface area contributed by atoms with E-state index in [1.165, 1.54) is 0 Å². The Labute approximate surface area is 122 Å². The summed E-state index contributed by atoms with van der Waals surface area (Å²) in [5, 5.41) is 17.2. The average molecular weight is 278 g/mol. The van der Waals surface area contributed by atoms with Crippen LogP contribution in [0.2, 0.25) is 0 Å². The highest BCUT2D eigenvalue weighted by Crippen LogP contribution is 2.21. The Morgan fingerprint density at radius 1 is 1.33 bits per heavy atom. The lowest BCUT2D eigenvalue weighted by atomic mass is 10.1. The van der Waals surface area contributed by atoms with Crippen LogP contribution >= 0.6 is 0 Å². The normalized spacial score (nSPS) is 10.5. The molecule has 0 bridgehead atoms. The molecular formula is C15H14N6. The van der Waals surface area contributed by atoms with Gasteiger partial charge in [0.25, 0.3) is 5.82 Å². The van der Waals surface area contributed by atoms with Crippen molar-refractivity contribution in [2.45, 2.75) is 13.5 Å². The monoisotopic (exact) mass is 278 g/mol. The fourth-order valence-electron chi connectivity index (χ4n) is 2.20. The number of para-hydroxylation sites is 1. The number of benzene rings is 1. The molecule has 0 aliphatic carbocycles. The highest BCUT2D eigenvalue weighted by Gasteiger charge is 2.08. The maximum absolute atomic E-state index is 8.78. The Kier molecular flexibility index (Phi) is 3.48. The van der Waals surface area contributed by atoms with Crippen LogP contribution < -0.4 is 5.32 Å². The fraction of sp³-hybridized carbons (Fsp3) is 0.200. The minimum absolute atomic E-state index is 0.175. The molecule has 2 heterocycles. The second kappa shape index (κ2) is 5.59. The van der Waals surface area contributed by atoms with Crippen molar-refractivity contribution in [3.05, 3.63) is 48.0 Å². The lowest BCUT2D eigenvalue weighted by Crippen LogP contribution is -2.08. The number of hydrogen-bond donors (Lipinski definition) is 1. The molecule has 0 aliphatic rings. The lowest BCUT2D eigenvalue weighted by Gasteiger charge is -2.11. The fourth-order valence-corrected chi connectivity index (χ4v) is 2.20. The van der Waals surface area contributed by atoms with Crippen LogP contribution in [-0.2, 0) is 6.54 Å². The minimum Gasteiger partial charge on any atom is -0.370 e. The molecule has 3 aromatic rings. The largest absolute Gasteiger partial charge is 0.370 e. The Balaban J connectivity index is 2.02. The molecule has 6 nitrogen and oxygen atoms in total. The van der Waals surface area contributed by atoms with E-state index in [1.54, 1.807) is 11.0 Å². The molecule has 3 rings (SSSR count). The Hall–Kier alpha value is -2.94. The first-order valence-electron chi connectivity index (χ1n) is 6.72. The quantitative estimate of drug-likeness (QED) is 0.791. The number of nitrogens with zero attached hydrogens (tertiary/aromatic N) is 5. The van der Waals surface area contributed by atoms with Crippen molar-refractivity contribution >= 4 is 16.7 Å². The second-order valence-electron chi connectivity index (χ2n) is 4.60. The molecule has 21 heavy (non-hydrogen) atoms. The van der Waals surface area contributed by atoms with Gasteiger partial charge in [0.2, 0.25) is 0 Å². The summed E-state index contributed by atoms with van der Waals surface area (Å²) in [6.07, 6.45) is 1.56. The van der Waals surface area contributed by atoms with E-state index in [4.69, 9.17) is 5.26 Å². The molecule has 0 amide bonds. The molecule has 0 aliphatic heterocycles. The standard InChI is InChI=1S/C15H14N6/c1-2-17-15-12(9-21-10-18-14(8-16)20-21)7-11-5-3-4-6-13(11)19-15/h3-7,10H,2,9H2,1H3,(H,17,19). The zero-order valence-corrected chi connectivity index (χ0v) is 11.6. The van der Waals surface area contributed by atoms with E-state index in [2.05, 4.69) is 26.4 Å². The molecule has 0 unspecified atom stereocenters. The molecule has 0 fully saturated rings. The molecule has 2 aromatic heterocycles. The predicted octanol–water partition coefficient (Wildman–Crippen LogP) is 2.18. The van der Waals surface area contributed by atoms with Crippen molar-refractivity contribution in [3.63, 3.8) is 0 Å². The molecule has 6 heteroatoms. The summed E-state index contributed by atoms with van der Waals surface area (Å²) in [7, 11) is 0. The number of nitriles is 1. The summed E-state index contributed by atoms with van der Waals surface area (Å²) in [5.41, 5.74) is 1.97. The van der Waals surface area contributed by atoms with Gasteiger partial charge in [-0.1, -0.05) is 18.2 Å². The van der Waals surface area contributed by atoms with Gasteiger partial charge >= 0.3 is 0 Å². The molecule has 104 valence electrons. The van der Waals surface area contributed by atoms with E-state index in [0.29, 0.717) is 6.54 Å². The average Bonchev–Trinajstić information content (AvgIpc) is 2.96. The smallest absolute Gasteiger partial charge is 0.252 e. The van der Waals surface area contributed by atoms with E-state index in [9.17, 15) is 0 Å². The van der Waals surface area contributed by atoms with E-state index in [1.807, 2.05) is 37.3 Å². The zero-order chi connectivity index (χ0) is 14.7. The molecule has 0 radical (unpaired) electrons. The van der Waals surface area contributed by atoms with E-state index in [0.717, 1.165) is 28.8 Å². The van der Waals surface area contributed by atoms with Crippen molar-refractivity contribution < 1.29 is 0 Å². The molecule has 0 spiro atoms. The summed E-state index contributed by atoms with van der Waals surface area (Å²) < 4.78 is 1.64. The zero-order valence-electron chi connectivity index (χ0n) is 11.6. The summed E-state index contributed by atoms with van der Waals surface area (Å²) >= 11 is 0. The van der Waals surface area contributed by atoms with Crippen molar-refractivity contribution in [2.24, 2.45) is 0 Å². The summed E-state index contributed by atoms with van der Waals surface area (Å²) in [4.78, 5) is 8.57. The van der Waals surface area contributed by atoms with Gasteiger partial charge in [-0.2, -0.15) is 5.26 Å². The van der Waals surface area contributed by atoms with E-state index >= 15 is 0 Å². The third-order valence-corrected chi connectivity index (χ3v) is 3.12. The van der Waals surface area contributed by atoms with Crippen molar-refractivity contribution in [3.8, 4) is 6.07 Å². The van der Waals surface area contributed by atoms with Crippen LogP contribution in [0.25, 0.3) is 10.9 Å². The van der Waals surface area contributed by atoms with Crippen molar-refractivity contribution in [1.82, 2.24) is 19.7 Å². The Morgan fingerprint density at radius 3 is 2.95 bits per heavy atom. The van der Waals surface area contributed by atoms with Gasteiger partial charge in [0.15, 0.2) is 0 Å². The first kappa shape index (κ1) is 13.1. The maximum atomic E-state index is 8.78. The van der Waals surface area contributed by atoms with Crippen LogP contribution in [0.5, 0.6) is 0 Å². The first-order valence-corrected chi connectivity index (χ1v) is 6.72. The van der Waals surface area contributed by atoms with Gasteiger partial charge in [0.1, 0.15) is 18.2 Å². The summed E-state index contributed by atoms with van der Waals surface area (Å²) in [6.45, 7) is 3.35. The van der Waals surface area contributed by atoms with E-state index in [-0.39, 0.29) is 5.82 Å². The molecule has 1 aromatic carbocycles. The topological polar surface area (TPSA) is 79.4 Å². The molecule has 0 saturated carbocycles. The maximum Gasteiger partial charge on any atom is 0.252 e. The number of rotatable bonds is 4. The van der Waals surface area contributed by atoms with Gasteiger partial charge in [-0.25, -0.2) is 14.6 Å². The number of fused-ring (bicyclic) bond motifs is 1. The van der Waals surface area contributed by atoms with Gasteiger partial charge < -0.3 is 5.32 Å². The third-order valence-electron chi connectivity index (χ3n) is 3.12. The SMILES string of the molecule is CCNc1nc2ccccc2cc1Cn1cnc(C#N)n1. The van der Waals surface area contributed by atoms with Gasteiger partial charge in [0, 0.05) is 17.5 Å².